The number of aromatic nitrogens is 1. The Labute approximate surface area is 124 Å². The number of nitrogens with two attached hydrogens (primary N) is 1. The Balaban J connectivity index is 1.81. The molecular weight excluding hydrogens is 272 g/mol. The monoisotopic (exact) mass is 296 g/mol. The molecule has 0 bridgehead atoms. The van der Waals surface area contributed by atoms with E-state index >= 15 is 0 Å². The Morgan fingerprint density at radius 1 is 1.50 bits per heavy atom. The third-order valence-corrected chi connectivity index (χ3v) is 4.52. The number of carbonyl (C=O) groups excluding carboxylic acids is 1. The summed E-state index contributed by atoms with van der Waals surface area (Å²) in [6.45, 7) is 7.46. The number of nitrogens with one attached hydrogen (secondary N) is 1. The van der Waals surface area contributed by atoms with E-state index in [1.54, 1.807) is 0 Å². The minimum absolute atomic E-state index is 0.0279. The number of hydrogen-bond acceptors (Lipinski definition) is 5. The number of nitrogen functional groups attached to an aromatic ring is 1. The lowest BCUT2D eigenvalue weighted by atomic mass is 10.0. The summed E-state index contributed by atoms with van der Waals surface area (Å²) < 4.78 is 0. The van der Waals surface area contributed by atoms with Crippen LogP contribution in [-0.2, 0) is 11.2 Å². The second kappa shape index (κ2) is 7.04. The van der Waals surface area contributed by atoms with E-state index in [2.05, 4.69) is 29.0 Å². The van der Waals surface area contributed by atoms with Gasteiger partial charge in [-0.15, -0.1) is 11.3 Å². The second-order valence-electron chi connectivity index (χ2n) is 5.71. The van der Waals surface area contributed by atoms with Gasteiger partial charge in [-0.3, -0.25) is 9.69 Å². The summed E-state index contributed by atoms with van der Waals surface area (Å²) in [6.07, 6.45) is 2.86. The van der Waals surface area contributed by atoms with Crippen LogP contribution in [0, 0.1) is 5.92 Å². The van der Waals surface area contributed by atoms with Crippen LogP contribution in [0.2, 0.25) is 0 Å². The van der Waals surface area contributed by atoms with Crippen molar-refractivity contribution in [2.45, 2.75) is 39.2 Å². The maximum atomic E-state index is 12.0. The van der Waals surface area contributed by atoms with Crippen LogP contribution in [0.1, 0.15) is 32.4 Å². The van der Waals surface area contributed by atoms with Gasteiger partial charge in [-0.1, -0.05) is 13.8 Å². The van der Waals surface area contributed by atoms with Crippen molar-refractivity contribution in [3.63, 3.8) is 0 Å². The summed E-state index contributed by atoms with van der Waals surface area (Å²) >= 11 is 1.37. The van der Waals surface area contributed by atoms with Crippen LogP contribution in [0.15, 0.2) is 5.38 Å². The molecule has 1 amide bonds. The van der Waals surface area contributed by atoms with Crippen molar-refractivity contribution >= 4 is 22.4 Å². The zero-order valence-electron chi connectivity index (χ0n) is 12.3. The molecule has 5 nitrogen and oxygen atoms in total. The Morgan fingerprint density at radius 2 is 2.20 bits per heavy atom. The number of anilines is 1. The van der Waals surface area contributed by atoms with Crippen LogP contribution < -0.4 is 11.1 Å². The highest BCUT2D eigenvalue weighted by Crippen LogP contribution is 2.17. The zero-order valence-corrected chi connectivity index (χ0v) is 13.1. The molecule has 0 radical (unpaired) electrons. The molecule has 1 fully saturated rings. The fraction of sp³-hybridized carbons (Fsp3) is 0.714. The van der Waals surface area contributed by atoms with Crippen LogP contribution in [0.4, 0.5) is 5.13 Å². The van der Waals surface area contributed by atoms with Gasteiger partial charge >= 0.3 is 0 Å². The summed E-state index contributed by atoms with van der Waals surface area (Å²) in [7, 11) is 0. The maximum absolute atomic E-state index is 12.0. The smallest absolute Gasteiger partial charge is 0.226 e. The molecule has 2 rings (SSSR count). The molecule has 112 valence electrons. The fourth-order valence-electron chi connectivity index (χ4n) is 2.71. The highest BCUT2D eigenvalue weighted by atomic mass is 32.1. The predicted octanol–water partition coefficient (Wildman–Crippen LogP) is 1.50. The minimum atomic E-state index is 0.0279. The van der Waals surface area contributed by atoms with Crippen molar-refractivity contribution in [3.8, 4) is 0 Å². The highest BCUT2D eigenvalue weighted by Gasteiger charge is 2.24. The molecule has 20 heavy (non-hydrogen) atoms. The standard InChI is InChI=1S/C14H24N4OS/c1-10(2)12(18-5-3-4-6-18)8-16-13(19)7-11-9-20-14(15)17-11/h9-10,12H,3-8H2,1-2H3,(H2,15,17)(H,16,19). The van der Waals surface area contributed by atoms with Gasteiger partial charge in [0.2, 0.25) is 5.91 Å². The molecule has 2 heterocycles. The molecule has 0 spiro atoms. The van der Waals surface area contributed by atoms with E-state index in [0.29, 0.717) is 23.5 Å². The van der Waals surface area contributed by atoms with Gasteiger partial charge in [-0.25, -0.2) is 4.98 Å². The number of rotatable bonds is 6. The van der Waals surface area contributed by atoms with Crippen LogP contribution in [0.3, 0.4) is 0 Å². The van der Waals surface area contributed by atoms with Crippen molar-refractivity contribution in [3.05, 3.63) is 11.1 Å². The van der Waals surface area contributed by atoms with Crippen molar-refractivity contribution < 1.29 is 4.79 Å². The largest absolute Gasteiger partial charge is 0.375 e. The van der Waals surface area contributed by atoms with E-state index in [4.69, 9.17) is 5.73 Å². The van der Waals surface area contributed by atoms with Gasteiger partial charge in [0.25, 0.3) is 0 Å². The number of hydrogen-bond donors (Lipinski definition) is 2. The summed E-state index contributed by atoms with van der Waals surface area (Å²) in [5.41, 5.74) is 6.32. The number of nitrogens with zero attached hydrogens (tertiary/aromatic N) is 2. The van der Waals surface area contributed by atoms with E-state index in [9.17, 15) is 4.79 Å². The predicted molar refractivity (Wildman–Crippen MR) is 82.7 cm³/mol. The molecule has 1 aliphatic rings. The average molecular weight is 296 g/mol. The Morgan fingerprint density at radius 3 is 2.75 bits per heavy atom. The first kappa shape index (κ1) is 15.3. The fourth-order valence-corrected chi connectivity index (χ4v) is 3.27. The lowest BCUT2D eigenvalue weighted by Crippen LogP contribution is -2.46. The van der Waals surface area contributed by atoms with Crippen molar-refractivity contribution in [1.29, 1.82) is 0 Å². The molecule has 1 unspecified atom stereocenters. The van der Waals surface area contributed by atoms with Gasteiger partial charge in [-0.2, -0.15) is 0 Å². The molecule has 3 N–H and O–H groups in total. The number of amides is 1. The van der Waals surface area contributed by atoms with Crippen LogP contribution >= 0.6 is 11.3 Å². The first-order valence-electron chi connectivity index (χ1n) is 7.27. The topological polar surface area (TPSA) is 71.2 Å². The summed E-state index contributed by atoms with van der Waals surface area (Å²) in [5.74, 6) is 0.573. The van der Waals surface area contributed by atoms with Gasteiger partial charge < -0.3 is 11.1 Å². The number of likely N-dealkylation sites (tertiary alicyclic amines) is 1. The third-order valence-electron chi connectivity index (χ3n) is 3.80. The van der Waals surface area contributed by atoms with Gasteiger partial charge in [0.05, 0.1) is 12.1 Å². The lowest BCUT2D eigenvalue weighted by Gasteiger charge is -2.30. The Kier molecular flexibility index (Phi) is 5.37. The summed E-state index contributed by atoms with van der Waals surface area (Å²) in [5, 5.41) is 5.40. The SMILES string of the molecule is CC(C)C(CNC(=O)Cc1csc(N)n1)N1CCCC1. The normalized spacial score (nSPS) is 17.6. The van der Waals surface area contributed by atoms with E-state index < -0.39 is 0 Å². The Bertz CT molecular complexity index is 440. The van der Waals surface area contributed by atoms with E-state index in [1.807, 2.05) is 5.38 Å². The molecule has 0 aromatic carbocycles. The van der Waals surface area contributed by atoms with E-state index in [1.165, 1.54) is 24.2 Å². The number of carbonyl (C=O) groups is 1. The third kappa shape index (κ3) is 4.18. The Hall–Kier alpha value is -1.14. The van der Waals surface area contributed by atoms with Gasteiger partial charge in [-0.05, 0) is 31.8 Å². The molecule has 1 atom stereocenters. The molecule has 1 saturated heterocycles. The molecule has 6 heteroatoms. The van der Waals surface area contributed by atoms with Gasteiger partial charge in [0, 0.05) is 18.0 Å². The lowest BCUT2D eigenvalue weighted by molar-refractivity contribution is -0.120. The first-order chi connectivity index (χ1) is 9.56. The molecule has 1 aromatic heterocycles. The first-order valence-corrected chi connectivity index (χ1v) is 8.15. The minimum Gasteiger partial charge on any atom is -0.375 e. The van der Waals surface area contributed by atoms with Crippen LogP contribution in [-0.4, -0.2) is 41.5 Å². The van der Waals surface area contributed by atoms with Crippen molar-refractivity contribution in [2.24, 2.45) is 5.92 Å². The summed E-state index contributed by atoms with van der Waals surface area (Å²) in [4.78, 5) is 18.6. The van der Waals surface area contributed by atoms with Crippen LogP contribution in [0.25, 0.3) is 0 Å². The molecule has 0 aliphatic carbocycles. The van der Waals surface area contributed by atoms with Gasteiger partial charge in [0.15, 0.2) is 5.13 Å². The summed E-state index contributed by atoms with van der Waals surface area (Å²) in [6, 6.07) is 0.432. The van der Waals surface area contributed by atoms with Crippen LogP contribution in [0.5, 0.6) is 0 Å². The number of thiazole rings is 1. The molecule has 0 saturated carbocycles. The highest BCUT2D eigenvalue weighted by molar-refractivity contribution is 7.13. The zero-order chi connectivity index (χ0) is 14.5. The van der Waals surface area contributed by atoms with Crippen molar-refractivity contribution in [2.75, 3.05) is 25.4 Å². The maximum Gasteiger partial charge on any atom is 0.226 e. The van der Waals surface area contributed by atoms with Crippen molar-refractivity contribution in [1.82, 2.24) is 15.2 Å². The quantitative estimate of drug-likeness (QED) is 0.834. The van der Waals surface area contributed by atoms with Gasteiger partial charge in [0.1, 0.15) is 0 Å². The van der Waals surface area contributed by atoms with E-state index in [0.717, 1.165) is 25.3 Å². The van der Waals surface area contributed by atoms with E-state index in [-0.39, 0.29) is 5.91 Å². The second-order valence-corrected chi connectivity index (χ2v) is 6.60. The molecule has 1 aromatic rings. The molecule has 1 aliphatic heterocycles. The average Bonchev–Trinajstić information content (AvgIpc) is 3.01. The molecular formula is C14H24N4OS.